The van der Waals surface area contributed by atoms with Gasteiger partial charge < -0.3 is 9.80 Å². The Hall–Kier alpha value is -1.99. The molecule has 2 amide bonds. The lowest BCUT2D eigenvalue weighted by molar-refractivity contribution is -0.141. The summed E-state index contributed by atoms with van der Waals surface area (Å²) in [5, 5.41) is 1.14. The number of likely N-dealkylation sites (tertiary alicyclic amines) is 3. The molecule has 6 nitrogen and oxygen atoms in total. The standard InChI is InChI=1S/C24H32N4O2S/c29-22(26-15-10-18(11-16-26)24(30)27-12-5-6-13-27)17-28-14-4-3-8-20(28)23-25-19-7-1-2-9-21(19)31-23/h1-2,7,9,18,20H,3-6,8,10-17H2. The molecule has 3 saturated heterocycles. The van der Waals surface area contributed by atoms with Crippen molar-refractivity contribution in [1.29, 1.82) is 0 Å². The number of carbonyl (C=O) groups excluding carboxylic acids is 2. The Morgan fingerprint density at radius 2 is 1.65 bits per heavy atom. The molecule has 1 atom stereocenters. The lowest BCUT2D eigenvalue weighted by atomic mass is 9.95. The molecule has 0 saturated carbocycles. The average molecular weight is 441 g/mol. The topological polar surface area (TPSA) is 56.8 Å². The van der Waals surface area contributed by atoms with Crippen LogP contribution in [0.1, 0.15) is 56.0 Å². The van der Waals surface area contributed by atoms with Gasteiger partial charge in [0.25, 0.3) is 0 Å². The van der Waals surface area contributed by atoms with Crippen LogP contribution in [0.5, 0.6) is 0 Å². The lowest BCUT2D eigenvalue weighted by Crippen LogP contribution is -2.48. The molecule has 0 radical (unpaired) electrons. The summed E-state index contributed by atoms with van der Waals surface area (Å²) in [5.41, 5.74) is 1.06. The molecule has 1 aromatic carbocycles. The fraction of sp³-hybridized carbons (Fsp3) is 0.625. The molecule has 3 aliphatic heterocycles. The first-order valence-electron chi connectivity index (χ1n) is 11.8. The van der Waals surface area contributed by atoms with Crippen molar-refractivity contribution in [3.63, 3.8) is 0 Å². The molecule has 0 N–H and O–H groups in total. The normalized spacial score (nSPS) is 23.5. The van der Waals surface area contributed by atoms with Crippen molar-refractivity contribution in [1.82, 2.24) is 19.7 Å². The number of para-hydroxylation sites is 1. The van der Waals surface area contributed by atoms with Crippen LogP contribution in [0.4, 0.5) is 0 Å². The van der Waals surface area contributed by atoms with Crippen LogP contribution in [-0.2, 0) is 9.59 Å². The molecule has 5 rings (SSSR count). The third-order valence-corrected chi connectivity index (χ3v) is 8.30. The predicted octanol–water partition coefficient (Wildman–Crippen LogP) is 3.68. The lowest BCUT2D eigenvalue weighted by Gasteiger charge is -2.37. The maximum Gasteiger partial charge on any atom is 0.236 e. The number of hydrogen-bond donors (Lipinski definition) is 0. The van der Waals surface area contributed by atoms with E-state index in [0.717, 1.165) is 68.7 Å². The molecule has 0 spiro atoms. The second-order valence-corrected chi connectivity index (χ2v) is 10.3. The van der Waals surface area contributed by atoms with E-state index < -0.39 is 0 Å². The zero-order chi connectivity index (χ0) is 21.2. The van der Waals surface area contributed by atoms with Crippen molar-refractivity contribution >= 4 is 33.4 Å². The van der Waals surface area contributed by atoms with E-state index in [-0.39, 0.29) is 17.9 Å². The maximum absolute atomic E-state index is 13.1. The first-order chi connectivity index (χ1) is 15.2. The van der Waals surface area contributed by atoms with Crippen molar-refractivity contribution in [2.75, 3.05) is 39.3 Å². The van der Waals surface area contributed by atoms with E-state index in [9.17, 15) is 9.59 Å². The van der Waals surface area contributed by atoms with E-state index in [1.54, 1.807) is 11.3 Å². The highest BCUT2D eigenvalue weighted by molar-refractivity contribution is 7.18. The minimum Gasteiger partial charge on any atom is -0.342 e. The third kappa shape index (κ3) is 4.48. The number of rotatable bonds is 4. The Morgan fingerprint density at radius 3 is 2.42 bits per heavy atom. The summed E-state index contributed by atoms with van der Waals surface area (Å²) in [4.78, 5) is 37.0. The summed E-state index contributed by atoms with van der Waals surface area (Å²) in [6.45, 7) is 4.67. The van der Waals surface area contributed by atoms with Gasteiger partial charge in [-0.15, -0.1) is 11.3 Å². The molecule has 4 heterocycles. The Kier molecular flexibility index (Phi) is 6.23. The quantitative estimate of drug-likeness (QED) is 0.728. The molecule has 1 unspecified atom stereocenters. The number of amides is 2. The van der Waals surface area contributed by atoms with Gasteiger partial charge in [-0.05, 0) is 57.2 Å². The van der Waals surface area contributed by atoms with Crippen LogP contribution in [0.2, 0.25) is 0 Å². The first-order valence-corrected chi connectivity index (χ1v) is 12.7. The summed E-state index contributed by atoms with van der Waals surface area (Å²) >= 11 is 1.77. The molecule has 3 fully saturated rings. The summed E-state index contributed by atoms with van der Waals surface area (Å²) in [6.07, 6.45) is 7.28. The highest BCUT2D eigenvalue weighted by atomic mass is 32.1. The van der Waals surface area contributed by atoms with Crippen molar-refractivity contribution in [3.8, 4) is 0 Å². The van der Waals surface area contributed by atoms with Gasteiger partial charge >= 0.3 is 0 Å². The zero-order valence-corrected chi connectivity index (χ0v) is 19.0. The van der Waals surface area contributed by atoms with E-state index in [4.69, 9.17) is 4.98 Å². The van der Waals surface area contributed by atoms with Gasteiger partial charge in [-0.2, -0.15) is 0 Å². The monoisotopic (exact) mass is 440 g/mol. The number of nitrogens with zero attached hydrogens (tertiary/aromatic N) is 4. The Balaban J connectivity index is 1.19. The number of thiazole rings is 1. The van der Waals surface area contributed by atoms with Gasteiger partial charge in [0.15, 0.2) is 0 Å². The summed E-state index contributed by atoms with van der Waals surface area (Å²) < 4.78 is 1.22. The minimum atomic E-state index is 0.104. The summed E-state index contributed by atoms with van der Waals surface area (Å²) in [5.74, 6) is 0.629. The van der Waals surface area contributed by atoms with Crippen molar-refractivity contribution in [2.45, 2.75) is 51.0 Å². The van der Waals surface area contributed by atoms with Gasteiger partial charge in [0.2, 0.25) is 11.8 Å². The zero-order valence-electron chi connectivity index (χ0n) is 18.2. The SMILES string of the molecule is O=C(CN1CCCCC1c1nc2ccccc2s1)N1CCC(C(=O)N2CCCC2)CC1. The molecule has 1 aromatic heterocycles. The van der Waals surface area contributed by atoms with E-state index in [1.807, 2.05) is 15.9 Å². The van der Waals surface area contributed by atoms with Crippen LogP contribution in [0.25, 0.3) is 10.2 Å². The van der Waals surface area contributed by atoms with E-state index in [1.165, 1.54) is 11.1 Å². The van der Waals surface area contributed by atoms with Crippen molar-refractivity contribution in [3.05, 3.63) is 29.3 Å². The first kappa shape index (κ1) is 20.9. The van der Waals surface area contributed by atoms with Gasteiger partial charge in [-0.25, -0.2) is 4.98 Å². The van der Waals surface area contributed by atoms with Gasteiger partial charge in [0.1, 0.15) is 5.01 Å². The Labute approximate surface area is 188 Å². The highest BCUT2D eigenvalue weighted by Gasteiger charge is 2.33. The van der Waals surface area contributed by atoms with Crippen molar-refractivity contribution < 1.29 is 9.59 Å². The molecule has 7 heteroatoms. The predicted molar refractivity (Wildman–Crippen MR) is 123 cm³/mol. The third-order valence-electron chi connectivity index (χ3n) is 7.16. The van der Waals surface area contributed by atoms with E-state index >= 15 is 0 Å². The van der Waals surface area contributed by atoms with Crippen LogP contribution in [0.3, 0.4) is 0 Å². The van der Waals surface area contributed by atoms with E-state index in [0.29, 0.717) is 25.5 Å². The van der Waals surface area contributed by atoms with Crippen LogP contribution in [0.15, 0.2) is 24.3 Å². The van der Waals surface area contributed by atoms with Gasteiger partial charge in [0, 0.05) is 32.1 Å². The van der Waals surface area contributed by atoms with Gasteiger partial charge in [0.05, 0.1) is 22.8 Å². The summed E-state index contributed by atoms with van der Waals surface area (Å²) in [6, 6.07) is 8.53. The fourth-order valence-corrected chi connectivity index (χ4v) is 6.47. The second kappa shape index (κ2) is 9.25. The van der Waals surface area contributed by atoms with Crippen LogP contribution in [0, 0.1) is 5.92 Å². The second-order valence-electron chi connectivity index (χ2n) is 9.19. The number of hydrogen-bond acceptors (Lipinski definition) is 5. The van der Waals surface area contributed by atoms with Crippen LogP contribution in [-0.4, -0.2) is 70.8 Å². The molecule has 0 bridgehead atoms. The number of benzene rings is 1. The molecule has 0 aliphatic carbocycles. The molecule has 31 heavy (non-hydrogen) atoms. The molecular weight excluding hydrogens is 408 g/mol. The van der Waals surface area contributed by atoms with E-state index in [2.05, 4.69) is 23.1 Å². The van der Waals surface area contributed by atoms with Crippen LogP contribution < -0.4 is 0 Å². The fourth-order valence-electron chi connectivity index (χ4n) is 5.34. The molecule has 2 aromatic rings. The van der Waals surface area contributed by atoms with Crippen molar-refractivity contribution in [2.24, 2.45) is 5.92 Å². The number of piperidine rings is 2. The summed E-state index contributed by atoms with van der Waals surface area (Å²) in [7, 11) is 0. The number of carbonyl (C=O) groups is 2. The maximum atomic E-state index is 13.1. The number of aromatic nitrogens is 1. The molecular formula is C24H32N4O2S. The smallest absolute Gasteiger partial charge is 0.236 e. The number of fused-ring (bicyclic) bond motifs is 1. The Morgan fingerprint density at radius 1 is 0.903 bits per heavy atom. The van der Waals surface area contributed by atoms with Gasteiger partial charge in [-0.3, -0.25) is 14.5 Å². The van der Waals surface area contributed by atoms with Gasteiger partial charge in [-0.1, -0.05) is 18.6 Å². The molecule has 166 valence electrons. The Bertz CT molecular complexity index is 898. The highest BCUT2D eigenvalue weighted by Crippen LogP contribution is 2.35. The largest absolute Gasteiger partial charge is 0.342 e. The molecule has 3 aliphatic rings. The average Bonchev–Trinajstić information content (AvgIpc) is 3.49. The minimum absolute atomic E-state index is 0.104. The van der Waals surface area contributed by atoms with Crippen LogP contribution >= 0.6 is 11.3 Å².